The molecule has 0 spiro atoms. The molecule has 0 aromatic heterocycles. The summed E-state index contributed by atoms with van der Waals surface area (Å²) < 4.78 is 43.6. The number of amides is 1. The molecule has 0 N–H and O–H groups in total. The van der Waals surface area contributed by atoms with Crippen LogP contribution in [0.15, 0.2) is 29.2 Å². The van der Waals surface area contributed by atoms with Gasteiger partial charge in [0.05, 0.1) is 18.6 Å². The third-order valence-electron chi connectivity index (χ3n) is 4.69. The third-order valence-corrected chi connectivity index (χ3v) is 6.56. The van der Waals surface area contributed by atoms with Crippen LogP contribution in [0.4, 0.5) is 4.39 Å². The van der Waals surface area contributed by atoms with Crippen LogP contribution >= 0.6 is 0 Å². The minimum Gasteiger partial charge on any atom is -0.468 e. The number of piperazine rings is 1. The smallest absolute Gasteiger partial charge is 0.319 e. The number of hydrogen-bond donors (Lipinski definition) is 0. The van der Waals surface area contributed by atoms with Crippen molar-refractivity contribution in [2.45, 2.75) is 17.7 Å². The second-order valence-corrected chi connectivity index (χ2v) is 8.66. The maximum absolute atomic E-state index is 13.0. The molecule has 1 aliphatic rings. The van der Waals surface area contributed by atoms with Crippen LogP contribution in [-0.2, 0) is 24.3 Å². The lowest BCUT2D eigenvalue weighted by Crippen LogP contribution is -2.50. The highest BCUT2D eigenvalue weighted by Crippen LogP contribution is 2.15. The van der Waals surface area contributed by atoms with E-state index in [-0.39, 0.29) is 36.3 Å². The fraction of sp³-hybridized carbons (Fsp3) is 0.556. The molecule has 0 unspecified atom stereocenters. The van der Waals surface area contributed by atoms with E-state index in [1.54, 1.807) is 4.90 Å². The highest BCUT2D eigenvalue weighted by atomic mass is 32.2. The first-order valence-electron chi connectivity index (χ1n) is 9.03. The van der Waals surface area contributed by atoms with Gasteiger partial charge in [-0.25, -0.2) is 17.1 Å². The van der Waals surface area contributed by atoms with Gasteiger partial charge in [-0.15, -0.1) is 0 Å². The summed E-state index contributed by atoms with van der Waals surface area (Å²) in [6.45, 7) is 2.65. The Morgan fingerprint density at radius 1 is 1.14 bits per heavy atom. The van der Waals surface area contributed by atoms with Crippen molar-refractivity contribution in [2.75, 3.05) is 53.4 Å². The average molecular weight is 415 g/mol. The molecule has 10 heteroatoms. The van der Waals surface area contributed by atoms with Crippen molar-refractivity contribution < 1.29 is 27.1 Å². The zero-order valence-corrected chi connectivity index (χ0v) is 17.0. The van der Waals surface area contributed by atoms with Crippen molar-refractivity contribution in [1.29, 1.82) is 0 Å². The van der Waals surface area contributed by atoms with E-state index in [9.17, 15) is 22.4 Å². The normalized spacial score (nSPS) is 15.6. The Morgan fingerprint density at radius 2 is 1.75 bits per heavy atom. The van der Waals surface area contributed by atoms with E-state index < -0.39 is 15.8 Å². The molecular formula is C18H26FN3O5S. The molecule has 1 aromatic rings. The fourth-order valence-electron chi connectivity index (χ4n) is 2.92. The summed E-state index contributed by atoms with van der Waals surface area (Å²) in [7, 11) is -0.927. The number of carbonyl (C=O) groups is 2. The van der Waals surface area contributed by atoms with Gasteiger partial charge in [0.1, 0.15) is 5.82 Å². The van der Waals surface area contributed by atoms with Crippen LogP contribution in [0, 0.1) is 5.82 Å². The zero-order valence-electron chi connectivity index (χ0n) is 16.1. The van der Waals surface area contributed by atoms with Gasteiger partial charge in [-0.3, -0.25) is 14.5 Å². The number of rotatable bonds is 8. The quantitative estimate of drug-likeness (QED) is 0.576. The van der Waals surface area contributed by atoms with Crippen molar-refractivity contribution in [3.8, 4) is 0 Å². The molecule has 0 radical (unpaired) electrons. The van der Waals surface area contributed by atoms with Gasteiger partial charge in [-0.2, -0.15) is 0 Å². The van der Waals surface area contributed by atoms with Gasteiger partial charge >= 0.3 is 5.97 Å². The first-order valence-corrected chi connectivity index (χ1v) is 10.5. The first-order chi connectivity index (χ1) is 13.2. The molecule has 0 saturated carbocycles. The van der Waals surface area contributed by atoms with Gasteiger partial charge in [0.15, 0.2) is 0 Å². The number of halogens is 1. The maximum atomic E-state index is 13.0. The molecule has 1 amide bonds. The van der Waals surface area contributed by atoms with E-state index in [4.69, 9.17) is 0 Å². The second-order valence-electron chi connectivity index (χ2n) is 6.62. The van der Waals surface area contributed by atoms with Crippen LogP contribution in [0.1, 0.15) is 12.8 Å². The van der Waals surface area contributed by atoms with Crippen LogP contribution in [-0.4, -0.2) is 87.8 Å². The van der Waals surface area contributed by atoms with Crippen molar-refractivity contribution in [3.05, 3.63) is 30.1 Å². The molecule has 0 bridgehead atoms. The van der Waals surface area contributed by atoms with Crippen molar-refractivity contribution >= 4 is 21.9 Å². The number of sulfonamides is 1. The molecule has 1 aromatic carbocycles. The van der Waals surface area contributed by atoms with Gasteiger partial charge in [0.25, 0.3) is 0 Å². The number of hydrogen-bond acceptors (Lipinski definition) is 6. The zero-order chi connectivity index (χ0) is 20.7. The lowest BCUT2D eigenvalue weighted by atomic mass is 10.2. The van der Waals surface area contributed by atoms with E-state index in [2.05, 4.69) is 4.74 Å². The lowest BCUT2D eigenvalue weighted by molar-refractivity contribution is -0.142. The number of nitrogens with zero attached hydrogens (tertiary/aromatic N) is 3. The third kappa shape index (κ3) is 5.98. The highest BCUT2D eigenvalue weighted by molar-refractivity contribution is 7.89. The van der Waals surface area contributed by atoms with Crippen LogP contribution < -0.4 is 0 Å². The lowest BCUT2D eigenvalue weighted by Gasteiger charge is -2.34. The van der Waals surface area contributed by atoms with Crippen molar-refractivity contribution in [3.63, 3.8) is 0 Å². The predicted octanol–water partition coefficient (Wildman–Crippen LogP) is 0.544. The molecule has 8 nitrogen and oxygen atoms in total. The predicted molar refractivity (Wildman–Crippen MR) is 100 cm³/mol. The average Bonchev–Trinajstić information content (AvgIpc) is 2.68. The topological polar surface area (TPSA) is 87.2 Å². The van der Waals surface area contributed by atoms with Crippen LogP contribution in [0.5, 0.6) is 0 Å². The molecule has 156 valence electrons. The number of carbonyl (C=O) groups excluding carboxylic acids is 2. The van der Waals surface area contributed by atoms with Crippen LogP contribution in [0.2, 0.25) is 0 Å². The monoisotopic (exact) mass is 415 g/mol. The van der Waals surface area contributed by atoms with Crippen molar-refractivity contribution in [1.82, 2.24) is 14.1 Å². The summed E-state index contributed by atoms with van der Waals surface area (Å²) in [5.41, 5.74) is 0. The molecule has 1 aliphatic heterocycles. The van der Waals surface area contributed by atoms with Gasteiger partial charge in [-0.05, 0) is 30.7 Å². The Bertz CT molecular complexity index is 777. The molecule has 1 saturated heterocycles. The highest BCUT2D eigenvalue weighted by Gasteiger charge is 2.24. The minimum absolute atomic E-state index is 0.0180. The van der Waals surface area contributed by atoms with E-state index >= 15 is 0 Å². The van der Waals surface area contributed by atoms with E-state index in [0.717, 1.165) is 12.1 Å². The molecule has 1 heterocycles. The number of benzene rings is 1. The maximum Gasteiger partial charge on any atom is 0.319 e. The molecule has 0 atom stereocenters. The molecule has 1 fully saturated rings. The summed E-state index contributed by atoms with van der Waals surface area (Å²) in [6.07, 6.45) is 0.623. The van der Waals surface area contributed by atoms with Gasteiger partial charge < -0.3 is 9.64 Å². The van der Waals surface area contributed by atoms with E-state index in [0.29, 0.717) is 32.6 Å². The molecular weight excluding hydrogens is 389 g/mol. The van der Waals surface area contributed by atoms with E-state index in [1.165, 1.54) is 30.6 Å². The molecule has 0 aliphatic carbocycles. The van der Waals surface area contributed by atoms with Gasteiger partial charge in [-0.1, -0.05) is 0 Å². The Balaban J connectivity index is 1.76. The van der Waals surface area contributed by atoms with Crippen LogP contribution in [0.25, 0.3) is 0 Å². The Labute approximate surface area is 164 Å². The fourth-order valence-corrected chi connectivity index (χ4v) is 4.13. The standard InChI is InChI=1S/C18H26FN3O5S/c1-20(28(25,26)16-7-5-15(19)6-8-16)9-3-4-17(23)22-12-10-21(11-13-22)14-18(24)27-2/h5-8H,3-4,9-14H2,1-2H3. The SMILES string of the molecule is COC(=O)CN1CCN(C(=O)CCCN(C)S(=O)(=O)c2ccc(F)cc2)CC1. The van der Waals surface area contributed by atoms with Crippen molar-refractivity contribution in [2.24, 2.45) is 0 Å². The summed E-state index contributed by atoms with van der Waals surface area (Å²) in [5.74, 6) is -0.839. The molecule has 2 rings (SSSR count). The Morgan fingerprint density at radius 3 is 2.32 bits per heavy atom. The number of ether oxygens (including phenoxy) is 1. The van der Waals surface area contributed by atoms with Gasteiger partial charge in [0, 0.05) is 46.2 Å². The minimum atomic E-state index is -3.71. The summed E-state index contributed by atoms with van der Waals surface area (Å²) in [6, 6.07) is 4.65. The Hall–Kier alpha value is -2.04. The number of methoxy groups -OCH3 is 1. The number of esters is 1. The van der Waals surface area contributed by atoms with Crippen LogP contribution in [0.3, 0.4) is 0 Å². The first kappa shape index (κ1) is 22.3. The summed E-state index contributed by atoms with van der Waals surface area (Å²) in [4.78, 5) is 27.3. The van der Waals surface area contributed by atoms with E-state index in [1.807, 2.05) is 4.90 Å². The summed E-state index contributed by atoms with van der Waals surface area (Å²) >= 11 is 0. The largest absolute Gasteiger partial charge is 0.468 e. The summed E-state index contributed by atoms with van der Waals surface area (Å²) in [5, 5.41) is 0. The Kier molecular flexibility index (Phi) is 7.90. The second kappa shape index (κ2) is 9.94. The molecule has 28 heavy (non-hydrogen) atoms. The van der Waals surface area contributed by atoms with Gasteiger partial charge in [0.2, 0.25) is 15.9 Å².